The molecule has 4 aliphatic rings. The molecule has 88 heavy (non-hydrogen) atoms. The molecule has 31 heteroatoms. The number of ether oxygens (including phenoxy) is 5. The molecule has 5 heterocycles. The topological polar surface area (TPSA) is 380 Å². The van der Waals surface area contributed by atoms with Crippen LogP contribution in [-0.2, 0) is 102 Å². The Bertz CT molecular complexity index is 3240. The predicted octanol–water partition coefficient (Wildman–Crippen LogP) is -2.53. The third-order valence-corrected chi connectivity index (χ3v) is 16.0. The first-order valence-electron chi connectivity index (χ1n) is 29.0. The summed E-state index contributed by atoms with van der Waals surface area (Å²) in [4.78, 5) is 158. The Morgan fingerprint density at radius 2 is 1.36 bits per heavy atom. The van der Waals surface area contributed by atoms with Crippen LogP contribution >= 0.6 is 12.6 Å². The number of nitrogens with one attached hydrogen (secondary N) is 7. The van der Waals surface area contributed by atoms with Gasteiger partial charge in [0.25, 0.3) is 5.56 Å². The van der Waals surface area contributed by atoms with Crippen molar-refractivity contribution in [1.29, 1.82) is 0 Å². The van der Waals surface area contributed by atoms with Gasteiger partial charge in [0.1, 0.15) is 18.5 Å². The molecular weight excluding hydrogens is 1180 g/mol. The van der Waals surface area contributed by atoms with E-state index in [1.165, 1.54) is 15.5 Å². The monoisotopic (exact) mass is 1250 g/mol. The summed E-state index contributed by atoms with van der Waals surface area (Å²) in [5, 5.41) is 28.9. The van der Waals surface area contributed by atoms with Crippen LogP contribution < -0.4 is 42.8 Å². The number of carbonyl (C=O) groups excluding carboxylic acids is 11. The lowest BCUT2D eigenvalue weighted by Gasteiger charge is -2.41. The van der Waals surface area contributed by atoms with Gasteiger partial charge in [-0.05, 0) is 61.8 Å². The number of rotatable bonds is 34. The van der Waals surface area contributed by atoms with Crippen molar-refractivity contribution in [2.75, 3.05) is 105 Å². The first-order valence-corrected chi connectivity index (χ1v) is 29.5. The van der Waals surface area contributed by atoms with Crippen LogP contribution in [-0.4, -0.2) is 207 Å². The van der Waals surface area contributed by atoms with Crippen molar-refractivity contribution < 1.29 is 85.9 Å². The molecule has 29 nitrogen and oxygen atoms in total. The highest BCUT2D eigenvalue weighted by atomic mass is 32.1. The number of carbonyl (C=O) groups is 11. The maximum absolute atomic E-state index is 15.4. The molecule has 1 aliphatic carbocycles. The van der Waals surface area contributed by atoms with Gasteiger partial charge in [0.05, 0.1) is 126 Å². The SMILES string of the molecule is CCC(S)C(=O)N(C=O)CCC(=O)NCCOCCOCCOCCOCCC(=O)NCC(=O)NCC(=O)NCC(=O)NCC(=O)NCC(=O)N1CCC1C(=O)NC1CCc2c(C)c(F)cc3nc4c(c1c23)Cn1c-4cc2c(c1=O)COC(=O)C2(O)CC. The van der Waals surface area contributed by atoms with E-state index in [1.54, 1.807) is 26.8 Å². The number of benzene rings is 1. The van der Waals surface area contributed by atoms with Crippen molar-refractivity contribution >= 4 is 89.1 Å². The Morgan fingerprint density at radius 1 is 0.784 bits per heavy atom. The number of nitrogens with zero attached hydrogens (tertiary/aromatic N) is 4. The molecule has 3 aliphatic heterocycles. The number of aryl methyl sites for hydroxylation is 1. The second-order valence-corrected chi connectivity index (χ2v) is 21.7. The molecule has 0 spiro atoms. The van der Waals surface area contributed by atoms with Crippen molar-refractivity contribution in [3.05, 3.63) is 61.7 Å². The van der Waals surface area contributed by atoms with E-state index in [9.17, 15) is 62.6 Å². The highest BCUT2D eigenvalue weighted by Gasteiger charge is 2.46. The molecule has 0 bridgehead atoms. The maximum Gasteiger partial charge on any atom is 0.343 e. The Labute approximate surface area is 509 Å². The average molecular weight is 1250 g/mol. The van der Waals surface area contributed by atoms with Crippen LogP contribution in [0.4, 0.5) is 4.39 Å². The number of esters is 1. The summed E-state index contributed by atoms with van der Waals surface area (Å²) in [5.41, 5.74) is 1.05. The van der Waals surface area contributed by atoms with Crippen LogP contribution in [0.2, 0.25) is 0 Å². The number of likely N-dealkylation sites (tertiary alicyclic amines) is 1. The third-order valence-electron chi connectivity index (χ3n) is 15.4. The second kappa shape index (κ2) is 31.8. The van der Waals surface area contributed by atoms with Crippen molar-refractivity contribution in [3.63, 3.8) is 0 Å². The summed E-state index contributed by atoms with van der Waals surface area (Å²) < 4.78 is 43.7. The first kappa shape index (κ1) is 67.5. The first-order chi connectivity index (χ1) is 42.2. The Kier molecular flexibility index (Phi) is 24.4. The molecule has 4 atom stereocenters. The molecule has 0 saturated carbocycles. The van der Waals surface area contributed by atoms with Crippen molar-refractivity contribution in [3.8, 4) is 11.4 Å². The van der Waals surface area contributed by atoms with Gasteiger partial charge in [-0.15, -0.1) is 0 Å². The molecule has 7 rings (SSSR count). The molecule has 1 aromatic carbocycles. The molecule has 10 amide bonds. The number of halogens is 1. The number of imide groups is 1. The minimum absolute atomic E-state index is 0.0374. The van der Waals surface area contributed by atoms with Gasteiger partial charge < -0.3 is 75.5 Å². The van der Waals surface area contributed by atoms with Crippen molar-refractivity contribution in [2.45, 2.75) is 102 Å². The highest BCUT2D eigenvalue weighted by Crippen LogP contribution is 2.46. The van der Waals surface area contributed by atoms with E-state index in [0.29, 0.717) is 89.9 Å². The van der Waals surface area contributed by atoms with E-state index in [2.05, 4.69) is 49.8 Å². The second-order valence-electron chi connectivity index (χ2n) is 21.0. The van der Waals surface area contributed by atoms with Crippen LogP contribution in [0.1, 0.15) is 91.8 Å². The van der Waals surface area contributed by atoms with E-state index in [1.807, 2.05) is 0 Å². The molecule has 8 N–H and O–H groups in total. The molecule has 0 radical (unpaired) electrons. The number of hydrogen-bond acceptors (Lipinski definition) is 20. The largest absolute Gasteiger partial charge is 0.458 e. The van der Waals surface area contributed by atoms with Gasteiger partial charge in [0.15, 0.2) is 5.60 Å². The standard InChI is InChI=1S/C57H74FN11O18S/c1-4-42(88)55(80)67(31-70)12-9-43(71)59-11-15-84-17-19-86-21-20-85-18-16-83-14-10-44(72)60-24-45(73)61-25-46(74)62-26-47(75)63-27-48(76)64-28-49(77)68-13-8-40(68)53(78)66-38-7-6-33-32(3)37(58)23-39-50(33)51(38)34-29-69-41(52(34)65-39)22-36-35(54(69)79)30-87-56(81)57(36,82)5-2/h22-23,31,38,40,42,82,88H,4-21,24-30H2,1-3H3,(H,59,71)(H,60,72)(H,61,73)(H,62,74)(H,63,75)(H,64,76)(H,66,78). The lowest BCUT2D eigenvalue weighted by Crippen LogP contribution is -2.60. The molecule has 1 fully saturated rings. The van der Waals surface area contributed by atoms with Crippen LogP contribution in [0, 0.1) is 12.7 Å². The van der Waals surface area contributed by atoms with E-state index in [0.717, 1.165) is 4.90 Å². The molecule has 3 aromatic rings. The lowest BCUT2D eigenvalue weighted by molar-refractivity contribution is -0.172. The zero-order chi connectivity index (χ0) is 63.7. The van der Waals surface area contributed by atoms with E-state index in [-0.39, 0.29) is 109 Å². The minimum atomic E-state index is -2.07. The molecule has 478 valence electrons. The molecule has 1 saturated heterocycles. The number of fused-ring (bicyclic) bond motifs is 5. The van der Waals surface area contributed by atoms with Crippen molar-refractivity contribution in [2.24, 2.45) is 0 Å². The number of cyclic esters (lactones) is 1. The Balaban J connectivity index is 0.713. The molecular formula is C57H74FN11O18S. The maximum atomic E-state index is 15.4. The fourth-order valence-corrected chi connectivity index (χ4v) is 10.5. The Morgan fingerprint density at radius 3 is 1.94 bits per heavy atom. The Hall–Kier alpha value is -7.97. The summed E-state index contributed by atoms with van der Waals surface area (Å²) in [5.74, 6) is -6.57. The number of hydrogen-bond donors (Lipinski definition) is 9. The highest BCUT2D eigenvalue weighted by molar-refractivity contribution is 7.81. The summed E-state index contributed by atoms with van der Waals surface area (Å²) in [6, 6.07) is 1.32. The van der Waals surface area contributed by atoms with Crippen molar-refractivity contribution in [1.82, 2.24) is 56.6 Å². The fourth-order valence-electron chi connectivity index (χ4n) is 10.3. The summed E-state index contributed by atoms with van der Waals surface area (Å²) in [6.45, 7) is 4.46. The van der Waals surface area contributed by atoms with Crippen LogP contribution in [0.5, 0.6) is 0 Å². The average Bonchev–Trinajstić information content (AvgIpc) is 1.48. The van der Waals surface area contributed by atoms with E-state index >= 15 is 4.39 Å². The third kappa shape index (κ3) is 16.8. The van der Waals surface area contributed by atoms with Gasteiger partial charge in [-0.1, -0.05) is 13.8 Å². The van der Waals surface area contributed by atoms with Gasteiger partial charge >= 0.3 is 5.97 Å². The van der Waals surface area contributed by atoms with Gasteiger partial charge in [-0.3, -0.25) is 57.6 Å². The van der Waals surface area contributed by atoms with E-state index in [4.69, 9.17) is 28.7 Å². The zero-order valence-corrected chi connectivity index (χ0v) is 50.0. The van der Waals surface area contributed by atoms with Gasteiger partial charge in [-0.25, -0.2) is 14.2 Å². The van der Waals surface area contributed by atoms with Gasteiger partial charge in [-0.2, -0.15) is 12.6 Å². The summed E-state index contributed by atoms with van der Waals surface area (Å²) in [7, 11) is 0. The number of thiol groups is 1. The smallest absolute Gasteiger partial charge is 0.343 e. The molecule has 2 aromatic heterocycles. The van der Waals surface area contributed by atoms with Gasteiger partial charge in [0, 0.05) is 55.1 Å². The number of amides is 10. The summed E-state index contributed by atoms with van der Waals surface area (Å²) in [6.07, 6.45) is 1.75. The minimum Gasteiger partial charge on any atom is -0.458 e. The van der Waals surface area contributed by atoms with Crippen LogP contribution in [0.3, 0.4) is 0 Å². The number of aromatic nitrogens is 2. The number of pyridine rings is 2. The molecule has 4 unspecified atom stereocenters. The predicted molar refractivity (Wildman–Crippen MR) is 310 cm³/mol. The number of aliphatic hydroxyl groups is 1. The zero-order valence-electron chi connectivity index (χ0n) is 49.1. The quantitative estimate of drug-likeness (QED) is 0.0101. The van der Waals surface area contributed by atoms with Gasteiger partial charge in [0.2, 0.25) is 59.6 Å². The van der Waals surface area contributed by atoms with Crippen LogP contribution in [0.15, 0.2) is 16.9 Å². The summed E-state index contributed by atoms with van der Waals surface area (Å²) >= 11 is 4.12. The normalized spacial score (nSPS) is 17.2. The van der Waals surface area contributed by atoms with Crippen LogP contribution in [0.25, 0.3) is 22.3 Å². The fraction of sp³-hybridized carbons (Fsp3) is 0.561. The van der Waals surface area contributed by atoms with E-state index < -0.39 is 120 Å². The lowest BCUT2D eigenvalue weighted by atomic mass is 9.81.